The summed E-state index contributed by atoms with van der Waals surface area (Å²) in [7, 11) is 1.62. The van der Waals surface area contributed by atoms with Gasteiger partial charge in [-0.1, -0.05) is 61.5 Å². The molecule has 0 aliphatic carbocycles. The zero-order valence-electron chi connectivity index (χ0n) is 15.9. The third-order valence-corrected chi connectivity index (χ3v) is 4.70. The van der Waals surface area contributed by atoms with Crippen LogP contribution in [0.1, 0.15) is 36.5 Å². The highest BCUT2D eigenvalue weighted by atomic mass is 16.2. The van der Waals surface area contributed by atoms with Gasteiger partial charge in [-0.05, 0) is 36.5 Å². The van der Waals surface area contributed by atoms with Crippen molar-refractivity contribution < 1.29 is 9.59 Å². The molecular weight excluding hydrogens is 324 g/mol. The lowest BCUT2D eigenvalue weighted by Crippen LogP contribution is -2.48. The first-order chi connectivity index (χ1) is 12.6. The molecule has 138 valence electrons. The second kappa shape index (κ2) is 9.76. The van der Waals surface area contributed by atoms with Gasteiger partial charge in [-0.25, -0.2) is 0 Å². The van der Waals surface area contributed by atoms with Crippen molar-refractivity contribution in [2.75, 3.05) is 7.05 Å². The average Bonchev–Trinajstić information content (AvgIpc) is 2.67. The fourth-order valence-corrected chi connectivity index (χ4v) is 3.10. The molecule has 2 aromatic rings. The Balaban J connectivity index is 2.19. The molecule has 0 spiro atoms. The summed E-state index contributed by atoms with van der Waals surface area (Å²) in [5.41, 5.74) is 3.33. The number of likely N-dealkylation sites (N-methyl/N-ethyl adjacent to an activating group) is 1. The highest BCUT2D eigenvalue weighted by molar-refractivity contribution is 5.87. The van der Waals surface area contributed by atoms with E-state index in [1.165, 1.54) is 0 Å². The molecule has 0 saturated carbocycles. The highest BCUT2D eigenvalue weighted by Gasteiger charge is 2.27. The van der Waals surface area contributed by atoms with Crippen molar-refractivity contribution in [2.24, 2.45) is 0 Å². The quantitative estimate of drug-likeness (QED) is 0.791. The van der Waals surface area contributed by atoms with E-state index in [1.54, 1.807) is 11.9 Å². The maximum atomic E-state index is 13.0. The van der Waals surface area contributed by atoms with Gasteiger partial charge in [0.15, 0.2) is 0 Å². The van der Waals surface area contributed by atoms with Crippen LogP contribution in [0.4, 0.5) is 0 Å². The van der Waals surface area contributed by atoms with Crippen LogP contribution >= 0.6 is 0 Å². The summed E-state index contributed by atoms with van der Waals surface area (Å²) in [6.07, 6.45) is 1.65. The molecule has 2 amide bonds. The minimum atomic E-state index is -0.456. The SMILES string of the molecule is CC[C@H](C(=O)NC)N(Cc1ccccc1C)C(=O)CCc1ccccc1. The number of hydrogen-bond donors (Lipinski definition) is 1. The van der Waals surface area contributed by atoms with E-state index < -0.39 is 6.04 Å². The smallest absolute Gasteiger partial charge is 0.242 e. The van der Waals surface area contributed by atoms with E-state index >= 15 is 0 Å². The predicted molar refractivity (Wildman–Crippen MR) is 105 cm³/mol. The van der Waals surface area contributed by atoms with Crippen molar-refractivity contribution in [2.45, 2.75) is 45.7 Å². The van der Waals surface area contributed by atoms with Crippen LogP contribution in [0.5, 0.6) is 0 Å². The second-order valence-electron chi connectivity index (χ2n) is 6.47. The molecule has 0 bridgehead atoms. The van der Waals surface area contributed by atoms with Gasteiger partial charge in [-0.15, -0.1) is 0 Å². The fraction of sp³-hybridized carbons (Fsp3) is 0.364. The zero-order chi connectivity index (χ0) is 18.9. The molecule has 4 nitrogen and oxygen atoms in total. The number of carbonyl (C=O) groups is 2. The molecule has 0 unspecified atom stereocenters. The average molecular weight is 352 g/mol. The predicted octanol–water partition coefficient (Wildman–Crippen LogP) is 3.48. The van der Waals surface area contributed by atoms with Crippen molar-refractivity contribution in [3.05, 3.63) is 71.3 Å². The van der Waals surface area contributed by atoms with Crippen LogP contribution in [-0.4, -0.2) is 29.8 Å². The first-order valence-electron chi connectivity index (χ1n) is 9.16. The first-order valence-corrected chi connectivity index (χ1v) is 9.16. The van der Waals surface area contributed by atoms with Crippen LogP contribution in [0.2, 0.25) is 0 Å². The molecule has 1 atom stereocenters. The molecule has 1 N–H and O–H groups in total. The number of nitrogens with one attached hydrogen (secondary N) is 1. The summed E-state index contributed by atoms with van der Waals surface area (Å²) in [6, 6.07) is 17.5. The normalized spacial score (nSPS) is 11.7. The number of hydrogen-bond acceptors (Lipinski definition) is 2. The van der Waals surface area contributed by atoms with E-state index in [2.05, 4.69) is 5.32 Å². The van der Waals surface area contributed by atoms with Crippen LogP contribution in [-0.2, 0) is 22.6 Å². The van der Waals surface area contributed by atoms with Gasteiger partial charge in [-0.2, -0.15) is 0 Å². The fourth-order valence-electron chi connectivity index (χ4n) is 3.10. The summed E-state index contributed by atoms with van der Waals surface area (Å²) in [6.45, 7) is 4.42. The Bertz CT molecular complexity index is 728. The maximum Gasteiger partial charge on any atom is 0.242 e. The number of nitrogens with zero attached hydrogens (tertiary/aromatic N) is 1. The van der Waals surface area contributed by atoms with Crippen molar-refractivity contribution >= 4 is 11.8 Å². The van der Waals surface area contributed by atoms with E-state index in [0.29, 0.717) is 25.8 Å². The Labute approximate surface area is 156 Å². The number of aryl methyl sites for hydroxylation is 2. The zero-order valence-corrected chi connectivity index (χ0v) is 15.9. The van der Waals surface area contributed by atoms with Gasteiger partial charge in [0, 0.05) is 20.0 Å². The monoisotopic (exact) mass is 352 g/mol. The summed E-state index contributed by atoms with van der Waals surface area (Å²) in [4.78, 5) is 27.1. The summed E-state index contributed by atoms with van der Waals surface area (Å²) in [5.74, 6) is -0.110. The van der Waals surface area contributed by atoms with Crippen molar-refractivity contribution in [1.82, 2.24) is 10.2 Å². The van der Waals surface area contributed by atoms with Crippen LogP contribution in [0.15, 0.2) is 54.6 Å². The summed E-state index contributed by atoms with van der Waals surface area (Å²) < 4.78 is 0. The molecule has 0 fully saturated rings. The molecule has 26 heavy (non-hydrogen) atoms. The molecule has 0 aliphatic rings. The molecule has 0 aromatic heterocycles. The van der Waals surface area contributed by atoms with E-state index in [0.717, 1.165) is 16.7 Å². The molecule has 4 heteroatoms. The van der Waals surface area contributed by atoms with Crippen molar-refractivity contribution in [3.63, 3.8) is 0 Å². The van der Waals surface area contributed by atoms with Gasteiger partial charge in [0.2, 0.25) is 11.8 Å². The minimum Gasteiger partial charge on any atom is -0.357 e. The van der Waals surface area contributed by atoms with Gasteiger partial charge in [0.25, 0.3) is 0 Å². The Kier molecular flexibility index (Phi) is 7.39. The number of amides is 2. The van der Waals surface area contributed by atoms with Crippen LogP contribution in [0.3, 0.4) is 0 Å². The minimum absolute atomic E-state index is 0.00700. The second-order valence-corrected chi connectivity index (χ2v) is 6.47. The topological polar surface area (TPSA) is 49.4 Å². The number of rotatable bonds is 8. The van der Waals surface area contributed by atoms with Crippen molar-refractivity contribution in [1.29, 1.82) is 0 Å². The molecular formula is C22H28N2O2. The first kappa shape index (κ1) is 19.7. The van der Waals surface area contributed by atoms with Crippen LogP contribution in [0, 0.1) is 6.92 Å². The van der Waals surface area contributed by atoms with Gasteiger partial charge in [-0.3, -0.25) is 9.59 Å². The van der Waals surface area contributed by atoms with E-state index in [9.17, 15) is 9.59 Å². The lowest BCUT2D eigenvalue weighted by Gasteiger charge is -2.30. The third kappa shape index (κ3) is 5.19. The lowest BCUT2D eigenvalue weighted by atomic mass is 10.0. The van der Waals surface area contributed by atoms with Gasteiger partial charge < -0.3 is 10.2 Å². The van der Waals surface area contributed by atoms with E-state index in [1.807, 2.05) is 68.4 Å². The van der Waals surface area contributed by atoms with E-state index in [4.69, 9.17) is 0 Å². The Morgan fingerprint density at radius 2 is 1.69 bits per heavy atom. The Hall–Kier alpha value is -2.62. The van der Waals surface area contributed by atoms with Gasteiger partial charge in [0.1, 0.15) is 6.04 Å². The Morgan fingerprint density at radius 3 is 2.31 bits per heavy atom. The maximum absolute atomic E-state index is 13.0. The molecule has 0 saturated heterocycles. The molecule has 2 rings (SSSR count). The number of carbonyl (C=O) groups excluding carboxylic acids is 2. The summed E-state index contributed by atoms with van der Waals surface area (Å²) >= 11 is 0. The molecule has 0 radical (unpaired) electrons. The van der Waals surface area contributed by atoms with Crippen molar-refractivity contribution in [3.8, 4) is 0 Å². The molecule has 0 aliphatic heterocycles. The molecule has 2 aromatic carbocycles. The van der Waals surface area contributed by atoms with E-state index in [-0.39, 0.29) is 11.8 Å². The highest BCUT2D eigenvalue weighted by Crippen LogP contribution is 2.17. The number of benzene rings is 2. The molecule has 0 heterocycles. The largest absolute Gasteiger partial charge is 0.357 e. The standard InChI is InChI=1S/C22H28N2O2/c1-4-20(22(26)23-3)24(16-19-13-9-8-10-17(19)2)21(25)15-14-18-11-6-5-7-12-18/h5-13,20H,4,14-16H2,1-3H3,(H,23,26)/t20-/m1/s1. The van der Waals surface area contributed by atoms with Crippen LogP contribution in [0.25, 0.3) is 0 Å². The van der Waals surface area contributed by atoms with Gasteiger partial charge in [0.05, 0.1) is 0 Å². The van der Waals surface area contributed by atoms with Gasteiger partial charge >= 0.3 is 0 Å². The Morgan fingerprint density at radius 1 is 1.04 bits per heavy atom. The third-order valence-electron chi connectivity index (χ3n) is 4.70. The summed E-state index contributed by atoms with van der Waals surface area (Å²) in [5, 5.41) is 2.69. The lowest BCUT2D eigenvalue weighted by molar-refractivity contribution is -0.141. The van der Waals surface area contributed by atoms with Crippen LogP contribution < -0.4 is 5.32 Å².